The first-order valence-corrected chi connectivity index (χ1v) is 15.3. The van der Waals surface area contributed by atoms with Crippen molar-refractivity contribution >= 4 is 21.6 Å². The van der Waals surface area contributed by atoms with Gasteiger partial charge in [-0.1, -0.05) is 12.1 Å². The largest absolute Gasteiger partial charge is 0.490 e. The third-order valence-corrected chi connectivity index (χ3v) is 8.71. The Bertz CT molecular complexity index is 1230. The predicted octanol–water partition coefficient (Wildman–Crippen LogP) is 3.45. The first-order valence-electron chi connectivity index (χ1n) is 13.8. The highest BCUT2D eigenvalue weighted by molar-refractivity contribution is 7.92. The number of carbonyl (C=O) groups excluding carboxylic acids is 1. The third-order valence-electron chi connectivity index (χ3n) is 7.09. The molecule has 0 aliphatic carbocycles. The summed E-state index contributed by atoms with van der Waals surface area (Å²) in [7, 11) is -0.0559. The van der Waals surface area contributed by atoms with Crippen LogP contribution >= 0.6 is 0 Å². The maximum absolute atomic E-state index is 14.1. The molecule has 1 aromatic carbocycles. The Hall–Kier alpha value is -2.67. The molecule has 0 fully saturated rings. The van der Waals surface area contributed by atoms with Crippen molar-refractivity contribution in [1.82, 2.24) is 15.0 Å². The number of nitrogens with zero attached hydrogens (tertiary/aromatic N) is 3. The van der Waals surface area contributed by atoms with Crippen LogP contribution in [0, 0.1) is 19.8 Å². The van der Waals surface area contributed by atoms with Gasteiger partial charge in [-0.25, -0.2) is 8.42 Å². The normalized spacial score (nSPS) is 22.4. The molecule has 11 nitrogen and oxygen atoms in total. The molecule has 0 saturated heterocycles. The number of amides is 1. The van der Waals surface area contributed by atoms with E-state index in [1.165, 1.54) is 13.0 Å². The summed E-state index contributed by atoms with van der Waals surface area (Å²) < 4.78 is 46.4. The van der Waals surface area contributed by atoms with Crippen molar-refractivity contribution < 1.29 is 32.3 Å². The van der Waals surface area contributed by atoms with Crippen LogP contribution in [0.2, 0.25) is 0 Å². The molecule has 0 spiro atoms. The fourth-order valence-corrected chi connectivity index (χ4v) is 6.25. The zero-order chi connectivity index (χ0) is 29.6. The second-order valence-corrected chi connectivity index (χ2v) is 12.7. The van der Waals surface area contributed by atoms with Crippen LogP contribution in [0.5, 0.6) is 5.75 Å². The number of hydrogen-bond acceptors (Lipinski definition) is 9. The van der Waals surface area contributed by atoms with Gasteiger partial charge in [0.05, 0.1) is 30.4 Å². The number of anilines is 1. The molecular weight excluding hydrogens is 536 g/mol. The summed E-state index contributed by atoms with van der Waals surface area (Å²) in [5.74, 6) is 0.129. The van der Waals surface area contributed by atoms with Gasteiger partial charge in [-0.3, -0.25) is 9.52 Å². The number of nitrogens with one attached hydrogen (secondary N) is 1. The quantitative estimate of drug-likeness (QED) is 0.505. The van der Waals surface area contributed by atoms with E-state index in [4.69, 9.17) is 14.0 Å². The lowest BCUT2D eigenvalue weighted by atomic mass is 10.0. The minimum atomic E-state index is -4.03. The van der Waals surface area contributed by atoms with E-state index in [0.717, 1.165) is 19.3 Å². The highest BCUT2D eigenvalue weighted by atomic mass is 32.2. The van der Waals surface area contributed by atoms with Crippen LogP contribution in [0.4, 0.5) is 5.69 Å². The number of hydrogen-bond donors (Lipinski definition) is 2. The van der Waals surface area contributed by atoms with E-state index in [-0.39, 0.29) is 58.2 Å². The van der Waals surface area contributed by atoms with Crippen molar-refractivity contribution in [2.75, 3.05) is 45.1 Å². The molecule has 3 rings (SSSR count). The molecule has 40 heavy (non-hydrogen) atoms. The highest BCUT2D eigenvalue weighted by Crippen LogP contribution is 2.30. The van der Waals surface area contributed by atoms with Gasteiger partial charge in [0.2, 0.25) is 0 Å². The number of ether oxygens (including phenoxy) is 2. The lowest BCUT2D eigenvalue weighted by Crippen LogP contribution is -2.47. The van der Waals surface area contributed by atoms with Gasteiger partial charge in [0.25, 0.3) is 15.9 Å². The standard InChI is InChI=1S/C28H44N4O7S/c1-18-15-32(19(2)17-33)28(34)24-14-23(30-40(35,36)27-21(4)29-39-22(27)5)11-12-25(24)38-20(3)10-8-9-13-37-26(18)16-31(6)7/h11-12,14,18-20,26,30,33H,8-10,13,15-17H2,1-7H3/t18-,19-,20+,26-/m1/s1. The van der Waals surface area contributed by atoms with Gasteiger partial charge in [-0.2, -0.15) is 0 Å². The molecule has 224 valence electrons. The number of aryl methyl sites for hydroxylation is 2. The molecule has 1 aliphatic heterocycles. The number of fused-ring (bicyclic) bond motifs is 1. The van der Waals surface area contributed by atoms with Crippen molar-refractivity contribution in [2.24, 2.45) is 5.92 Å². The molecule has 0 radical (unpaired) electrons. The predicted molar refractivity (Wildman–Crippen MR) is 152 cm³/mol. The summed E-state index contributed by atoms with van der Waals surface area (Å²) in [5.41, 5.74) is 0.645. The summed E-state index contributed by atoms with van der Waals surface area (Å²) >= 11 is 0. The van der Waals surface area contributed by atoms with E-state index in [1.807, 2.05) is 27.9 Å². The van der Waals surface area contributed by atoms with Crippen LogP contribution in [-0.4, -0.2) is 93.0 Å². The molecular formula is C28H44N4O7S. The Balaban J connectivity index is 2.04. The molecule has 0 unspecified atom stereocenters. The number of aromatic nitrogens is 1. The van der Waals surface area contributed by atoms with E-state index < -0.39 is 16.1 Å². The zero-order valence-electron chi connectivity index (χ0n) is 24.6. The molecule has 2 N–H and O–H groups in total. The fourth-order valence-electron chi connectivity index (χ4n) is 4.87. The smallest absolute Gasteiger partial charge is 0.267 e. The SMILES string of the molecule is Cc1noc(C)c1S(=O)(=O)Nc1ccc2c(c1)C(=O)N([C@H](C)CO)C[C@@H](C)[C@@H](CN(C)C)OCCCC[C@H](C)O2. The van der Waals surface area contributed by atoms with Gasteiger partial charge in [-0.05, 0) is 79.3 Å². The Morgan fingerprint density at radius 2 is 1.95 bits per heavy atom. The second-order valence-electron chi connectivity index (χ2n) is 11.0. The maximum Gasteiger partial charge on any atom is 0.267 e. The number of likely N-dealkylation sites (N-methyl/N-ethyl adjacent to an activating group) is 1. The molecule has 12 heteroatoms. The minimum absolute atomic E-state index is 0.0344. The van der Waals surface area contributed by atoms with Crippen LogP contribution in [0.1, 0.15) is 61.8 Å². The Morgan fingerprint density at radius 1 is 1.23 bits per heavy atom. The molecule has 1 aromatic heterocycles. The van der Waals surface area contributed by atoms with E-state index in [9.17, 15) is 18.3 Å². The number of aliphatic hydroxyl groups is 1. The summed E-state index contributed by atoms with van der Waals surface area (Å²) in [4.78, 5) is 17.8. The summed E-state index contributed by atoms with van der Waals surface area (Å²) in [6, 6.07) is 4.18. The van der Waals surface area contributed by atoms with E-state index >= 15 is 0 Å². The Kier molecular flexibility index (Phi) is 11.0. The summed E-state index contributed by atoms with van der Waals surface area (Å²) in [6.07, 6.45) is 2.26. The first-order chi connectivity index (χ1) is 18.8. The molecule has 1 amide bonds. The highest BCUT2D eigenvalue weighted by Gasteiger charge is 2.31. The lowest BCUT2D eigenvalue weighted by molar-refractivity contribution is -0.0137. The van der Waals surface area contributed by atoms with Gasteiger partial charge in [0, 0.05) is 31.3 Å². The average Bonchev–Trinajstić information content (AvgIpc) is 3.23. The Morgan fingerprint density at radius 3 is 2.58 bits per heavy atom. The monoisotopic (exact) mass is 580 g/mol. The van der Waals surface area contributed by atoms with Gasteiger partial charge in [0.15, 0.2) is 10.7 Å². The number of carbonyl (C=O) groups is 1. The van der Waals surface area contributed by atoms with Crippen molar-refractivity contribution in [3.63, 3.8) is 0 Å². The molecule has 2 aromatic rings. The fraction of sp³-hybridized carbons (Fsp3) is 0.643. The van der Waals surface area contributed by atoms with Gasteiger partial charge in [-0.15, -0.1) is 0 Å². The van der Waals surface area contributed by atoms with Crippen LogP contribution in [0.15, 0.2) is 27.6 Å². The van der Waals surface area contributed by atoms with Gasteiger partial charge < -0.3 is 28.9 Å². The topological polar surface area (TPSA) is 134 Å². The van der Waals surface area contributed by atoms with Crippen LogP contribution < -0.4 is 9.46 Å². The second kappa shape index (κ2) is 13.8. The molecule has 1 aliphatic rings. The van der Waals surface area contributed by atoms with E-state index in [0.29, 0.717) is 25.4 Å². The summed E-state index contributed by atoms with van der Waals surface area (Å²) in [6.45, 7) is 10.3. The zero-order valence-corrected chi connectivity index (χ0v) is 25.5. The Labute approximate surface area is 237 Å². The molecule has 0 bridgehead atoms. The molecule has 2 heterocycles. The van der Waals surface area contributed by atoms with Crippen LogP contribution in [0.25, 0.3) is 0 Å². The molecule has 0 saturated carbocycles. The average molecular weight is 581 g/mol. The van der Waals surface area contributed by atoms with Gasteiger partial charge >= 0.3 is 0 Å². The summed E-state index contributed by atoms with van der Waals surface area (Å²) in [5, 5.41) is 13.8. The number of benzene rings is 1. The number of aliphatic hydroxyl groups excluding tert-OH is 1. The van der Waals surface area contributed by atoms with Crippen molar-refractivity contribution in [2.45, 2.75) is 77.0 Å². The van der Waals surface area contributed by atoms with Crippen LogP contribution in [0.3, 0.4) is 0 Å². The van der Waals surface area contributed by atoms with Crippen LogP contribution in [-0.2, 0) is 14.8 Å². The van der Waals surface area contributed by atoms with Gasteiger partial charge in [0.1, 0.15) is 11.4 Å². The number of sulfonamides is 1. The minimum Gasteiger partial charge on any atom is -0.490 e. The first kappa shape index (κ1) is 31.9. The lowest BCUT2D eigenvalue weighted by Gasteiger charge is -2.35. The third kappa shape index (κ3) is 7.96. The van der Waals surface area contributed by atoms with E-state index in [1.54, 1.807) is 30.9 Å². The van der Waals surface area contributed by atoms with Crippen molar-refractivity contribution in [1.29, 1.82) is 0 Å². The molecule has 4 atom stereocenters. The van der Waals surface area contributed by atoms with E-state index in [2.05, 4.69) is 14.8 Å². The number of rotatable bonds is 7. The maximum atomic E-state index is 14.1. The van der Waals surface area contributed by atoms with Crippen molar-refractivity contribution in [3.05, 3.63) is 35.2 Å². The van der Waals surface area contributed by atoms with Crippen molar-refractivity contribution in [3.8, 4) is 5.75 Å².